The molecule has 2 N–H and O–H groups in total. The van der Waals surface area contributed by atoms with Crippen LogP contribution in [0.2, 0.25) is 0 Å². The van der Waals surface area contributed by atoms with Crippen molar-refractivity contribution >= 4 is 17.5 Å². The van der Waals surface area contributed by atoms with Gasteiger partial charge in [0.2, 0.25) is 5.91 Å². The fourth-order valence-corrected chi connectivity index (χ4v) is 2.39. The minimum Gasteiger partial charge on any atom is -0.338 e. The Hall–Kier alpha value is -1.06. The summed E-state index contributed by atoms with van der Waals surface area (Å²) in [4.78, 5) is 13.6. The second kappa shape index (κ2) is 5.52. The molecular weight excluding hydrogens is 236 g/mol. The zero-order valence-electron chi connectivity index (χ0n) is 9.73. The molecule has 1 unspecified atom stereocenters. The molecule has 1 saturated heterocycles. The van der Waals surface area contributed by atoms with E-state index in [-0.39, 0.29) is 5.91 Å². The summed E-state index contributed by atoms with van der Waals surface area (Å²) in [6.07, 6.45) is 0.583. The van der Waals surface area contributed by atoms with Gasteiger partial charge in [0.15, 0.2) is 0 Å². The highest BCUT2D eigenvalue weighted by Crippen LogP contribution is 2.21. The van der Waals surface area contributed by atoms with Crippen LogP contribution in [0.1, 0.15) is 17.5 Å². The molecule has 1 heterocycles. The summed E-state index contributed by atoms with van der Waals surface area (Å²) < 4.78 is 0. The molecule has 92 valence electrons. The molecule has 4 heteroatoms. The summed E-state index contributed by atoms with van der Waals surface area (Å²) in [6, 6.07) is 8.07. The van der Waals surface area contributed by atoms with Crippen LogP contribution in [0.5, 0.6) is 0 Å². The van der Waals surface area contributed by atoms with Crippen molar-refractivity contribution in [2.24, 2.45) is 11.7 Å². The Balaban J connectivity index is 2.03. The summed E-state index contributed by atoms with van der Waals surface area (Å²) in [7, 11) is 0. The highest BCUT2D eigenvalue weighted by molar-refractivity contribution is 6.18. The SMILES string of the molecule is NCc1cccc(CN2CC(CCl)CC2=O)c1. The molecule has 1 fully saturated rings. The van der Waals surface area contributed by atoms with Gasteiger partial charge in [-0.15, -0.1) is 11.6 Å². The van der Waals surface area contributed by atoms with Crippen LogP contribution in [0.15, 0.2) is 24.3 Å². The van der Waals surface area contributed by atoms with E-state index in [9.17, 15) is 4.79 Å². The molecule has 1 aliphatic rings. The molecule has 0 radical (unpaired) electrons. The second-order valence-corrected chi connectivity index (χ2v) is 4.83. The number of alkyl halides is 1. The van der Waals surface area contributed by atoms with E-state index in [2.05, 4.69) is 6.07 Å². The van der Waals surface area contributed by atoms with Crippen molar-refractivity contribution in [2.75, 3.05) is 12.4 Å². The van der Waals surface area contributed by atoms with Gasteiger partial charge in [0.25, 0.3) is 0 Å². The lowest BCUT2D eigenvalue weighted by Crippen LogP contribution is -2.24. The zero-order chi connectivity index (χ0) is 12.3. The topological polar surface area (TPSA) is 46.3 Å². The van der Waals surface area contributed by atoms with E-state index in [1.807, 2.05) is 23.1 Å². The Morgan fingerprint density at radius 3 is 2.82 bits per heavy atom. The Morgan fingerprint density at radius 1 is 1.41 bits per heavy atom. The number of nitrogens with two attached hydrogens (primary N) is 1. The van der Waals surface area contributed by atoms with Gasteiger partial charge in [0, 0.05) is 31.9 Å². The van der Waals surface area contributed by atoms with Crippen molar-refractivity contribution in [3.8, 4) is 0 Å². The Bertz CT molecular complexity index is 408. The number of rotatable bonds is 4. The molecule has 0 aromatic heterocycles. The van der Waals surface area contributed by atoms with Crippen LogP contribution in [0.3, 0.4) is 0 Å². The quantitative estimate of drug-likeness (QED) is 0.830. The molecule has 1 aromatic rings. The first kappa shape index (κ1) is 12.4. The average molecular weight is 253 g/mol. The maximum Gasteiger partial charge on any atom is 0.223 e. The molecule has 1 aromatic carbocycles. The lowest BCUT2D eigenvalue weighted by molar-refractivity contribution is -0.128. The summed E-state index contributed by atoms with van der Waals surface area (Å²) in [5.74, 6) is 1.07. The predicted octanol–water partition coefficient (Wildman–Crippen LogP) is 1.73. The van der Waals surface area contributed by atoms with E-state index < -0.39 is 0 Å². The summed E-state index contributed by atoms with van der Waals surface area (Å²) >= 11 is 5.79. The third kappa shape index (κ3) is 2.99. The van der Waals surface area contributed by atoms with Gasteiger partial charge in [-0.25, -0.2) is 0 Å². The molecule has 0 aliphatic carbocycles. The third-order valence-electron chi connectivity index (χ3n) is 3.11. The maximum absolute atomic E-state index is 11.7. The van der Waals surface area contributed by atoms with Gasteiger partial charge < -0.3 is 10.6 Å². The number of amides is 1. The number of hydrogen-bond acceptors (Lipinski definition) is 2. The lowest BCUT2D eigenvalue weighted by Gasteiger charge is -2.16. The third-order valence-corrected chi connectivity index (χ3v) is 3.55. The summed E-state index contributed by atoms with van der Waals surface area (Å²) in [6.45, 7) is 1.97. The molecule has 1 amide bonds. The molecule has 3 nitrogen and oxygen atoms in total. The second-order valence-electron chi connectivity index (χ2n) is 4.52. The van der Waals surface area contributed by atoms with E-state index in [1.165, 1.54) is 0 Å². The van der Waals surface area contributed by atoms with Crippen LogP contribution in [-0.4, -0.2) is 23.2 Å². The van der Waals surface area contributed by atoms with Crippen molar-refractivity contribution in [3.05, 3.63) is 35.4 Å². The van der Waals surface area contributed by atoms with Crippen molar-refractivity contribution in [1.29, 1.82) is 0 Å². The van der Waals surface area contributed by atoms with Crippen LogP contribution in [0.4, 0.5) is 0 Å². The van der Waals surface area contributed by atoms with Crippen molar-refractivity contribution < 1.29 is 4.79 Å². The van der Waals surface area contributed by atoms with Crippen LogP contribution in [0, 0.1) is 5.92 Å². The van der Waals surface area contributed by atoms with E-state index in [0.717, 1.165) is 17.7 Å². The van der Waals surface area contributed by atoms with E-state index >= 15 is 0 Å². The minimum absolute atomic E-state index is 0.203. The largest absolute Gasteiger partial charge is 0.338 e. The molecule has 2 rings (SSSR count). The van der Waals surface area contributed by atoms with Crippen molar-refractivity contribution in [2.45, 2.75) is 19.5 Å². The van der Waals surface area contributed by atoms with Gasteiger partial charge in [-0.2, -0.15) is 0 Å². The van der Waals surface area contributed by atoms with E-state index in [1.54, 1.807) is 0 Å². The fourth-order valence-electron chi connectivity index (χ4n) is 2.19. The first-order valence-corrected chi connectivity index (χ1v) is 6.38. The summed E-state index contributed by atoms with van der Waals surface area (Å²) in [5, 5.41) is 0. The number of hydrogen-bond donors (Lipinski definition) is 1. The van der Waals surface area contributed by atoms with Gasteiger partial charge in [-0.05, 0) is 17.0 Å². The number of likely N-dealkylation sites (tertiary alicyclic amines) is 1. The molecule has 0 spiro atoms. The van der Waals surface area contributed by atoms with E-state index in [0.29, 0.717) is 31.3 Å². The molecule has 0 bridgehead atoms. The van der Waals surface area contributed by atoms with Crippen LogP contribution >= 0.6 is 11.6 Å². The van der Waals surface area contributed by atoms with Crippen LogP contribution in [0.25, 0.3) is 0 Å². The highest BCUT2D eigenvalue weighted by Gasteiger charge is 2.28. The average Bonchev–Trinajstić information content (AvgIpc) is 2.70. The number of carbonyl (C=O) groups is 1. The lowest BCUT2D eigenvalue weighted by atomic mass is 10.1. The van der Waals surface area contributed by atoms with Gasteiger partial charge >= 0.3 is 0 Å². The first-order valence-electron chi connectivity index (χ1n) is 5.84. The monoisotopic (exact) mass is 252 g/mol. The smallest absolute Gasteiger partial charge is 0.223 e. The number of carbonyl (C=O) groups excluding carboxylic acids is 1. The molecule has 0 saturated carbocycles. The molecule has 1 aliphatic heterocycles. The Labute approximate surface area is 107 Å². The molecular formula is C13H17ClN2O. The van der Waals surface area contributed by atoms with E-state index in [4.69, 9.17) is 17.3 Å². The Kier molecular flexibility index (Phi) is 4.02. The standard InChI is InChI=1S/C13H17ClN2O/c14-6-12-5-13(17)16(9-12)8-11-3-1-2-10(4-11)7-15/h1-4,12H,5-9,15H2. The van der Waals surface area contributed by atoms with Gasteiger partial charge in [-0.1, -0.05) is 24.3 Å². The summed E-state index contributed by atoms with van der Waals surface area (Å²) in [5.41, 5.74) is 7.84. The maximum atomic E-state index is 11.7. The molecule has 1 atom stereocenters. The van der Waals surface area contributed by atoms with Gasteiger partial charge in [0.1, 0.15) is 0 Å². The molecule has 17 heavy (non-hydrogen) atoms. The normalized spacial score (nSPS) is 20.0. The minimum atomic E-state index is 0.203. The number of halogens is 1. The highest BCUT2D eigenvalue weighted by atomic mass is 35.5. The fraction of sp³-hybridized carbons (Fsp3) is 0.462. The van der Waals surface area contributed by atoms with Crippen molar-refractivity contribution in [3.63, 3.8) is 0 Å². The van der Waals surface area contributed by atoms with Crippen molar-refractivity contribution in [1.82, 2.24) is 4.90 Å². The Morgan fingerprint density at radius 2 is 2.18 bits per heavy atom. The van der Waals surface area contributed by atoms with Crippen LogP contribution in [-0.2, 0) is 17.9 Å². The number of nitrogens with zero attached hydrogens (tertiary/aromatic N) is 1. The zero-order valence-corrected chi connectivity index (χ0v) is 10.5. The van der Waals surface area contributed by atoms with Gasteiger partial charge in [0.05, 0.1) is 0 Å². The first-order chi connectivity index (χ1) is 8.22. The number of benzene rings is 1. The van der Waals surface area contributed by atoms with Crippen LogP contribution < -0.4 is 5.73 Å². The van der Waals surface area contributed by atoms with Gasteiger partial charge in [-0.3, -0.25) is 4.79 Å². The predicted molar refractivity (Wildman–Crippen MR) is 68.6 cm³/mol.